The minimum Gasteiger partial charge on any atom is -0.396 e. The Morgan fingerprint density at radius 1 is 1.39 bits per heavy atom. The highest BCUT2D eigenvalue weighted by Gasteiger charge is 2.41. The summed E-state index contributed by atoms with van der Waals surface area (Å²) in [5, 5.41) is 12.4. The molecule has 2 rings (SSSR count). The van der Waals surface area contributed by atoms with Crippen LogP contribution in [-0.2, 0) is 4.79 Å². The van der Waals surface area contributed by atoms with Crippen LogP contribution in [0.15, 0.2) is 0 Å². The Hall–Kier alpha value is -0.610. The molecule has 4 nitrogen and oxygen atoms in total. The van der Waals surface area contributed by atoms with Crippen molar-refractivity contribution in [2.45, 2.75) is 70.0 Å². The van der Waals surface area contributed by atoms with Crippen molar-refractivity contribution in [3.8, 4) is 0 Å². The molecule has 1 amide bonds. The number of nitrogens with one attached hydrogen (secondary N) is 1. The number of aliphatic hydroxyl groups excluding tert-OH is 1. The number of hydrogen-bond acceptors (Lipinski definition) is 3. The normalized spacial score (nSPS) is 29.6. The molecule has 4 heteroatoms. The fourth-order valence-corrected chi connectivity index (χ4v) is 3.42. The van der Waals surface area contributed by atoms with E-state index >= 15 is 0 Å². The van der Waals surface area contributed by atoms with Crippen LogP contribution in [0.3, 0.4) is 0 Å². The number of aliphatic hydroxyl groups is 1. The van der Waals surface area contributed by atoms with Crippen molar-refractivity contribution in [1.82, 2.24) is 10.2 Å². The van der Waals surface area contributed by atoms with Crippen LogP contribution in [0.5, 0.6) is 0 Å². The van der Waals surface area contributed by atoms with Crippen LogP contribution in [0.25, 0.3) is 0 Å². The third-order valence-electron chi connectivity index (χ3n) is 4.42. The molecule has 0 aromatic carbocycles. The molecule has 0 aromatic rings. The Balaban J connectivity index is 2.19. The number of carbonyl (C=O) groups is 1. The maximum atomic E-state index is 12.7. The molecule has 1 aliphatic heterocycles. The van der Waals surface area contributed by atoms with Crippen LogP contribution in [-0.4, -0.2) is 46.7 Å². The summed E-state index contributed by atoms with van der Waals surface area (Å²) in [4.78, 5) is 14.8. The van der Waals surface area contributed by atoms with Gasteiger partial charge in [0.05, 0.1) is 6.04 Å². The lowest BCUT2D eigenvalue weighted by atomic mass is 9.95. The van der Waals surface area contributed by atoms with Crippen LogP contribution in [0, 0.1) is 0 Å². The Kier molecular flexibility index (Phi) is 4.28. The fraction of sp³-hybridized carbons (Fsp3) is 0.929. The van der Waals surface area contributed by atoms with Crippen molar-refractivity contribution in [2.75, 3.05) is 13.2 Å². The molecule has 2 N–H and O–H groups in total. The molecule has 0 radical (unpaired) electrons. The van der Waals surface area contributed by atoms with E-state index < -0.39 is 0 Å². The van der Waals surface area contributed by atoms with E-state index in [0.29, 0.717) is 12.5 Å². The average molecular weight is 254 g/mol. The predicted molar refractivity (Wildman–Crippen MR) is 71.3 cm³/mol. The van der Waals surface area contributed by atoms with Gasteiger partial charge in [-0.3, -0.25) is 4.79 Å². The van der Waals surface area contributed by atoms with Gasteiger partial charge in [0.15, 0.2) is 0 Å². The van der Waals surface area contributed by atoms with Crippen LogP contribution in [0.2, 0.25) is 0 Å². The quantitative estimate of drug-likeness (QED) is 0.798. The molecule has 18 heavy (non-hydrogen) atoms. The Morgan fingerprint density at radius 2 is 2.06 bits per heavy atom. The topological polar surface area (TPSA) is 52.6 Å². The fourth-order valence-electron chi connectivity index (χ4n) is 3.42. The maximum Gasteiger partial charge on any atom is 0.240 e. The lowest BCUT2D eigenvalue weighted by Crippen LogP contribution is -2.55. The molecule has 1 saturated carbocycles. The van der Waals surface area contributed by atoms with E-state index in [1.807, 2.05) is 0 Å². The van der Waals surface area contributed by atoms with E-state index in [1.165, 1.54) is 12.8 Å². The monoisotopic (exact) mass is 254 g/mol. The van der Waals surface area contributed by atoms with E-state index in [0.717, 1.165) is 25.8 Å². The summed E-state index contributed by atoms with van der Waals surface area (Å²) < 4.78 is 0. The van der Waals surface area contributed by atoms with E-state index in [2.05, 4.69) is 24.1 Å². The summed E-state index contributed by atoms with van der Waals surface area (Å²) in [6, 6.07) is 0.214. The first-order valence-corrected chi connectivity index (χ1v) is 7.23. The van der Waals surface area contributed by atoms with Crippen molar-refractivity contribution in [3.63, 3.8) is 0 Å². The molecule has 2 aliphatic rings. The minimum absolute atomic E-state index is 0.0662. The largest absolute Gasteiger partial charge is 0.396 e. The number of hydrogen-bond donors (Lipinski definition) is 2. The van der Waals surface area contributed by atoms with Crippen molar-refractivity contribution in [3.05, 3.63) is 0 Å². The van der Waals surface area contributed by atoms with Crippen LogP contribution < -0.4 is 5.32 Å². The highest BCUT2D eigenvalue weighted by atomic mass is 16.3. The highest BCUT2D eigenvalue weighted by molar-refractivity contribution is 5.83. The van der Waals surface area contributed by atoms with Gasteiger partial charge in [0.1, 0.15) is 0 Å². The molecule has 0 spiro atoms. The van der Waals surface area contributed by atoms with Gasteiger partial charge in [-0.25, -0.2) is 0 Å². The summed E-state index contributed by atoms with van der Waals surface area (Å²) in [5.41, 5.74) is -0.0662. The average Bonchev–Trinajstić information content (AvgIpc) is 2.77. The molecule has 0 bridgehead atoms. The first-order valence-electron chi connectivity index (χ1n) is 7.23. The SMILES string of the molecule is CC1(C)CCNC(CCO)C(=O)N1C1CCCC1. The van der Waals surface area contributed by atoms with Crippen molar-refractivity contribution in [1.29, 1.82) is 0 Å². The molecular formula is C14H26N2O2. The van der Waals surface area contributed by atoms with E-state index in [9.17, 15) is 4.79 Å². The molecule has 0 aromatic heterocycles. The van der Waals surface area contributed by atoms with Gasteiger partial charge in [-0.15, -0.1) is 0 Å². The molecule has 1 atom stereocenters. The summed E-state index contributed by atoms with van der Waals surface area (Å²) in [6.45, 7) is 5.27. The Bertz CT molecular complexity index is 298. The predicted octanol–water partition coefficient (Wildman–Crippen LogP) is 1.28. The van der Waals surface area contributed by atoms with Gasteiger partial charge in [-0.1, -0.05) is 12.8 Å². The van der Waals surface area contributed by atoms with Crippen molar-refractivity contribution >= 4 is 5.91 Å². The van der Waals surface area contributed by atoms with E-state index in [-0.39, 0.29) is 24.1 Å². The zero-order chi connectivity index (χ0) is 13.2. The van der Waals surface area contributed by atoms with Crippen molar-refractivity contribution in [2.24, 2.45) is 0 Å². The molecule has 104 valence electrons. The molecule has 1 saturated heterocycles. The molecule has 1 unspecified atom stereocenters. The van der Waals surface area contributed by atoms with Crippen LogP contribution >= 0.6 is 0 Å². The smallest absolute Gasteiger partial charge is 0.240 e. The van der Waals surface area contributed by atoms with Crippen LogP contribution in [0.4, 0.5) is 0 Å². The highest BCUT2D eigenvalue weighted by Crippen LogP contribution is 2.33. The summed E-state index contributed by atoms with van der Waals surface area (Å²) in [6.07, 6.45) is 6.27. The second kappa shape index (κ2) is 5.57. The van der Waals surface area contributed by atoms with Gasteiger partial charge in [0.2, 0.25) is 5.91 Å². The summed E-state index contributed by atoms with van der Waals surface area (Å²) in [5.74, 6) is 0.193. The van der Waals surface area contributed by atoms with E-state index in [1.54, 1.807) is 0 Å². The minimum atomic E-state index is -0.197. The van der Waals surface area contributed by atoms with Crippen LogP contribution in [0.1, 0.15) is 52.4 Å². The van der Waals surface area contributed by atoms with Gasteiger partial charge in [0.25, 0.3) is 0 Å². The second-order valence-electron chi connectivity index (χ2n) is 6.23. The molecule has 2 fully saturated rings. The first-order chi connectivity index (χ1) is 8.56. The summed E-state index contributed by atoms with van der Waals surface area (Å²) in [7, 11) is 0. The summed E-state index contributed by atoms with van der Waals surface area (Å²) >= 11 is 0. The Labute approximate surface area is 110 Å². The van der Waals surface area contributed by atoms with Gasteiger partial charge >= 0.3 is 0 Å². The first kappa shape index (κ1) is 13.8. The zero-order valence-electron chi connectivity index (χ0n) is 11.6. The number of rotatable bonds is 3. The van der Waals surface area contributed by atoms with E-state index in [4.69, 9.17) is 5.11 Å². The number of carbonyl (C=O) groups excluding carboxylic acids is 1. The molecule has 1 aliphatic carbocycles. The number of nitrogens with zero attached hydrogens (tertiary/aromatic N) is 1. The second-order valence-corrected chi connectivity index (χ2v) is 6.23. The lowest BCUT2D eigenvalue weighted by Gasteiger charge is -2.42. The molecule has 1 heterocycles. The third-order valence-corrected chi connectivity index (χ3v) is 4.42. The Morgan fingerprint density at radius 3 is 2.67 bits per heavy atom. The molecular weight excluding hydrogens is 228 g/mol. The van der Waals surface area contributed by atoms with Gasteiger partial charge < -0.3 is 15.3 Å². The third kappa shape index (κ3) is 2.69. The zero-order valence-corrected chi connectivity index (χ0v) is 11.6. The van der Waals surface area contributed by atoms with Gasteiger partial charge in [-0.05, 0) is 46.1 Å². The van der Waals surface area contributed by atoms with Crippen molar-refractivity contribution < 1.29 is 9.90 Å². The van der Waals surface area contributed by atoms with Gasteiger partial charge in [0, 0.05) is 18.2 Å². The lowest BCUT2D eigenvalue weighted by molar-refractivity contribution is -0.141. The van der Waals surface area contributed by atoms with Gasteiger partial charge in [-0.2, -0.15) is 0 Å². The number of amides is 1. The standard InChI is InChI=1S/C14H26N2O2/c1-14(2)8-9-15-12(7-10-17)13(18)16(14)11-5-3-4-6-11/h11-12,15,17H,3-10H2,1-2H3. The maximum absolute atomic E-state index is 12.7.